The highest BCUT2D eigenvalue weighted by atomic mass is 35.5. The predicted molar refractivity (Wildman–Crippen MR) is 80.1 cm³/mol. The van der Waals surface area contributed by atoms with Crippen molar-refractivity contribution in [3.63, 3.8) is 0 Å². The third kappa shape index (κ3) is 3.13. The van der Waals surface area contributed by atoms with Gasteiger partial charge in [-0.3, -0.25) is 14.6 Å². The molecule has 0 fully saturated rings. The molecule has 0 saturated heterocycles. The summed E-state index contributed by atoms with van der Waals surface area (Å²) < 4.78 is 1.38. The summed E-state index contributed by atoms with van der Waals surface area (Å²) >= 11 is 5.74. The molecule has 2 heterocycles. The first-order chi connectivity index (χ1) is 9.79. The van der Waals surface area contributed by atoms with E-state index in [9.17, 15) is 9.59 Å². The number of nitrogens with one attached hydrogen (secondary N) is 2. The minimum Gasteiger partial charge on any atom is -0.309 e. The molecule has 0 saturated carbocycles. The van der Waals surface area contributed by atoms with Gasteiger partial charge in [-0.25, -0.2) is 4.98 Å². The number of carbonyl (C=O) groups excluding carboxylic acids is 1. The zero-order chi connectivity index (χ0) is 15.7. The Kier molecular flexibility index (Phi) is 4.13. The molecule has 2 rings (SSSR count). The zero-order valence-electron chi connectivity index (χ0n) is 12.2. The van der Waals surface area contributed by atoms with Crippen LogP contribution in [0.3, 0.4) is 0 Å². The number of halogens is 1. The monoisotopic (exact) mass is 309 g/mol. The molecule has 2 aromatic heterocycles. The lowest BCUT2D eigenvalue weighted by molar-refractivity contribution is -0.115. The van der Waals surface area contributed by atoms with Crippen LogP contribution < -0.4 is 10.9 Å². The molecule has 0 aromatic carbocycles. The van der Waals surface area contributed by atoms with Crippen LogP contribution in [-0.2, 0) is 4.79 Å². The van der Waals surface area contributed by atoms with E-state index in [1.165, 1.54) is 4.68 Å². The van der Waals surface area contributed by atoms with Gasteiger partial charge in [0.2, 0.25) is 11.9 Å². The van der Waals surface area contributed by atoms with Crippen molar-refractivity contribution >= 4 is 23.3 Å². The fourth-order valence-electron chi connectivity index (χ4n) is 1.71. The lowest BCUT2D eigenvalue weighted by atomic mass is 10.3. The summed E-state index contributed by atoms with van der Waals surface area (Å²) in [6.07, 6.45) is 0. The molecule has 1 unspecified atom stereocenters. The first-order valence-electron chi connectivity index (χ1n) is 6.39. The van der Waals surface area contributed by atoms with Gasteiger partial charge in [0.05, 0.1) is 5.69 Å². The summed E-state index contributed by atoms with van der Waals surface area (Å²) in [6.45, 7) is 6.77. The van der Waals surface area contributed by atoms with Crippen LogP contribution in [0, 0.1) is 20.8 Å². The van der Waals surface area contributed by atoms with E-state index >= 15 is 0 Å². The van der Waals surface area contributed by atoms with Crippen LogP contribution in [0.4, 0.5) is 5.82 Å². The Balaban J connectivity index is 2.50. The topological polar surface area (TPSA) is 92.7 Å². The number of H-pyrrole nitrogens is 1. The van der Waals surface area contributed by atoms with Gasteiger partial charge in [-0.2, -0.15) is 9.78 Å². The summed E-state index contributed by atoms with van der Waals surface area (Å²) in [6, 6.07) is 1.67. The third-order valence-electron chi connectivity index (χ3n) is 3.03. The van der Waals surface area contributed by atoms with Gasteiger partial charge >= 0.3 is 0 Å². The Morgan fingerprint density at radius 2 is 2.10 bits per heavy atom. The molecule has 0 aliphatic heterocycles. The Labute approximate surface area is 126 Å². The van der Waals surface area contributed by atoms with E-state index in [1.54, 1.807) is 33.8 Å². The molecule has 0 spiro atoms. The van der Waals surface area contributed by atoms with Crippen molar-refractivity contribution in [2.75, 3.05) is 5.32 Å². The molecule has 1 atom stereocenters. The molecule has 2 N–H and O–H groups in total. The smallest absolute Gasteiger partial charge is 0.255 e. The standard InChI is InChI=1S/C13H16ClN5O2/c1-6-5-10(16-12(21)8(3)14)19(18-6)13-15-9(4)7(2)11(20)17-13/h5,8H,1-4H3,(H,16,21)(H,15,17,20). The van der Waals surface area contributed by atoms with Gasteiger partial charge in [0, 0.05) is 17.3 Å². The van der Waals surface area contributed by atoms with Crippen molar-refractivity contribution in [2.45, 2.75) is 33.1 Å². The largest absolute Gasteiger partial charge is 0.309 e. The quantitative estimate of drug-likeness (QED) is 0.839. The maximum atomic E-state index is 11.8. The van der Waals surface area contributed by atoms with Crippen LogP contribution >= 0.6 is 11.6 Å². The molecule has 7 nitrogen and oxygen atoms in total. The fraction of sp³-hybridized carbons (Fsp3) is 0.385. The number of carbonyl (C=O) groups is 1. The molecular formula is C13H16ClN5O2. The van der Waals surface area contributed by atoms with E-state index in [-0.39, 0.29) is 17.4 Å². The minimum atomic E-state index is -0.680. The number of aryl methyl sites for hydroxylation is 2. The van der Waals surface area contributed by atoms with Crippen molar-refractivity contribution in [1.29, 1.82) is 0 Å². The molecule has 8 heteroatoms. The average Bonchev–Trinajstić information content (AvgIpc) is 2.76. The van der Waals surface area contributed by atoms with Gasteiger partial charge in [0.1, 0.15) is 11.2 Å². The summed E-state index contributed by atoms with van der Waals surface area (Å²) in [4.78, 5) is 30.5. The molecule has 0 aliphatic carbocycles. The number of rotatable bonds is 3. The molecule has 21 heavy (non-hydrogen) atoms. The molecule has 0 radical (unpaired) electrons. The molecule has 112 valence electrons. The normalized spacial score (nSPS) is 12.2. The van der Waals surface area contributed by atoms with E-state index in [2.05, 4.69) is 20.4 Å². The second-order valence-electron chi connectivity index (χ2n) is 4.79. The van der Waals surface area contributed by atoms with Crippen LogP contribution in [0.2, 0.25) is 0 Å². The number of hydrogen-bond acceptors (Lipinski definition) is 4. The Morgan fingerprint density at radius 1 is 1.43 bits per heavy atom. The van der Waals surface area contributed by atoms with Gasteiger partial charge in [0.15, 0.2) is 0 Å². The SMILES string of the molecule is Cc1cc(NC(=O)C(C)Cl)n(-c2nc(C)c(C)c(=O)[nH]2)n1. The maximum absolute atomic E-state index is 11.8. The highest BCUT2D eigenvalue weighted by Gasteiger charge is 2.16. The number of anilines is 1. The second-order valence-corrected chi connectivity index (χ2v) is 5.44. The first kappa shape index (κ1) is 15.2. The Bertz CT molecular complexity index is 748. The molecule has 1 amide bonds. The van der Waals surface area contributed by atoms with Crippen molar-refractivity contribution in [1.82, 2.24) is 19.7 Å². The van der Waals surface area contributed by atoms with Crippen molar-refractivity contribution in [3.8, 4) is 5.95 Å². The summed E-state index contributed by atoms with van der Waals surface area (Å²) in [7, 11) is 0. The van der Waals surface area contributed by atoms with E-state index in [1.807, 2.05) is 0 Å². The van der Waals surface area contributed by atoms with Gasteiger partial charge in [-0.05, 0) is 27.7 Å². The van der Waals surface area contributed by atoms with Crippen LogP contribution in [-0.4, -0.2) is 31.0 Å². The zero-order valence-corrected chi connectivity index (χ0v) is 12.9. The Hall–Kier alpha value is -2.15. The highest BCUT2D eigenvalue weighted by molar-refractivity contribution is 6.32. The molecule has 2 aromatic rings. The first-order valence-corrected chi connectivity index (χ1v) is 6.82. The molecule has 0 bridgehead atoms. The van der Waals surface area contributed by atoms with E-state index in [4.69, 9.17) is 11.6 Å². The number of aromatic nitrogens is 4. The number of hydrogen-bond donors (Lipinski definition) is 2. The van der Waals surface area contributed by atoms with E-state index in [0.29, 0.717) is 22.8 Å². The second kappa shape index (κ2) is 5.69. The Morgan fingerprint density at radius 3 is 2.67 bits per heavy atom. The van der Waals surface area contributed by atoms with E-state index in [0.717, 1.165) is 0 Å². The third-order valence-corrected chi connectivity index (χ3v) is 3.23. The highest BCUT2D eigenvalue weighted by Crippen LogP contribution is 2.15. The number of amides is 1. The maximum Gasteiger partial charge on any atom is 0.255 e. The van der Waals surface area contributed by atoms with Crippen molar-refractivity contribution in [3.05, 3.63) is 33.4 Å². The van der Waals surface area contributed by atoms with Crippen LogP contribution in [0.1, 0.15) is 23.9 Å². The number of aromatic amines is 1. The molecule has 0 aliphatic rings. The molecular weight excluding hydrogens is 294 g/mol. The summed E-state index contributed by atoms with van der Waals surface area (Å²) in [5.41, 5.74) is 1.58. The van der Waals surface area contributed by atoms with Crippen molar-refractivity contribution < 1.29 is 4.79 Å². The average molecular weight is 310 g/mol. The van der Waals surface area contributed by atoms with E-state index < -0.39 is 5.38 Å². The van der Waals surface area contributed by atoms with Crippen LogP contribution in [0.25, 0.3) is 5.95 Å². The summed E-state index contributed by atoms with van der Waals surface area (Å²) in [5.74, 6) is 0.286. The van der Waals surface area contributed by atoms with Crippen LogP contribution in [0.5, 0.6) is 0 Å². The fourth-order valence-corrected chi connectivity index (χ4v) is 1.76. The number of alkyl halides is 1. The lowest BCUT2D eigenvalue weighted by Gasteiger charge is -2.09. The summed E-state index contributed by atoms with van der Waals surface area (Å²) in [5, 5.41) is 6.20. The van der Waals surface area contributed by atoms with Gasteiger partial charge in [-0.15, -0.1) is 11.6 Å². The van der Waals surface area contributed by atoms with Gasteiger partial charge < -0.3 is 5.32 Å². The van der Waals surface area contributed by atoms with Crippen LogP contribution in [0.15, 0.2) is 10.9 Å². The number of nitrogens with zero attached hydrogens (tertiary/aromatic N) is 3. The van der Waals surface area contributed by atoms with Gasteiger partial charge in [-0.1, -0.05) is 0 Å². The minimum absolute atomic E-state index is 0.242. The van der Waals surface area contributed by atoms with Crippen molar-refractivity contribution in [2.24, 2.45) is 0 Å². The van der Waals surface area contributed by atoms with Gasteiger partial charge in [0.25, 0.3) is 5.56 Å². The lowest BCUT2D eigenvalue weighted by Crippen LogP contribution is -2.24. The predicted octanol–water partition coefficient (Wildman–Crippen LogP) is 1.45.